The first-order valence-corrected chi connectivity index (χ1v) is 8.22. The third kappa shape index (κ3) is 3.72. The van der Waals surface area contributed by atoms with Gasteiger partial charge in [-0.15, -0.1) is 12.4 Å². The van der Waals surface area contributed by atoms with Crippen LogP contribution in [0.1, 0.15) is 27.6 Å². The van der Waals surface area contributed by atoms with Crippen LogP contribution in [0.3, 0.4) is 0 Å². The Morgan fingerprint density at radius 3 is 3.12 bits per heavy atom. The van der Waals surface area contributed by atoms with Gasteiger partial charge in [0, 0.05) is 41.4 Å². The topological polar surface area (TPSA) is 109 Å². The Labute approximate surface area is 160 Å². The van der Waals surface area contributed by atoms with Crippen LogP contribution in [0.15, 0.2) is 28.8 Å². The molecule has 4 rings (SSSR count). The molecule has 0 spiro atoms. The predicted octanol–water partition coefficient (Wildman–Crippen LogP) is 2.11. The van der Waals surface area contributed by atoms with Gasteiger partial charge in [-0.05, 0) is 12.1 Å². The van der Waals surface area contributed by atoms with Gasteiger partial charge in [0.05, 0.1) is 6.54 Å². The first-order chi connectivity index (χ1) is 12.2. The molecule has 0 aliphatic carbocycles. The molecule has 2 aromatic heterocycles. The maximum Gasteiger partial charge on any atom is 0.272 e. The summed E-state index contributed by atoms with van der Waals surface area (Å²) in [5, 5.41) is 17.5. The molecule has 3 heterocycles. The number of nitrogens with zero attached hydrogens (tertiary/aromatic N) is 3. The van der Waals surface area contributed by atoms with Gasteiger partial charge >= 0.3 is 0 Å². The maximum atomic E-state index is 12.3. The lowest BCUT2D eigenvalue weighted by atomic mass is 10.1. The molecule has 0 saturated carbocycles. The van der Waals surface area contributed by atoms with Crippen LogP contribution in [0.4, 0.5) is 0 Å². The Morgan fingerprint density at radius 1 is 1.38 bits per heavy atom. The molecule has 8 nitrogen and oxygen atoms in total. The number of halogens is 2. The molecule has 1 aliphatic heterocycles. The molecule has 1 aromatic carbocycles. The van der Waals surface area contributed by atoms with Crippen LogP contribution in [0.5, 0.6) is 0 Å². The number of amides is 1. The minimum atomic E-state index is -0.274. The molecule has 3 N–H and O–H groups in total. The van der Waals surface area contributed by atoms with Crippen molar-refractivity contribution in [3.8, 4) is 11.4 Å². The van der Waals surface area contributed by atoms with E-state index in [4.69, 9.17) is 16.1 Å². The molecule has 0 unspecified atom stereocenters. The van der Waals surface area contributed by atoms with E-state index in [1.807, 2.05) is 12.1 Å². The van der Waals surface area contributed by atoms with Crippen molar-refractivity contribution >= 4 is 29.9 Å². The molecular formula is C16H16Cl2N6O2. The minimum absolute atomic E-state index is 0. The number of hydrogen-bond acceptors (Lipinski definition) is 6. The van der Waals surface area contributed by atoms with E-state index in [9.17, 15) is 4.79 Å². The summed E-state index contributed by atoms with van der Waals surface area (Å²) in [5.41, 5.74) is 3.07. The Bertz CT molecular complexity index is 923. The molecule has 0 fully saturated rings. The highest BCUT2D eigenvalue weighted by Gasteiger charge is 2.21. The zero-order valence-electron chi connectivity index (χ0n) is 13.6. The first-order valence-electron chi connectivity index (χ1n) is 7.84. The number of rotatable bonds is 4. The molecule has 0 bridgehead atoms. The van der Waals surface area contributed by atoms with Crippen LogP contribution >= 0.6 is 24.0 Å². The number of carbonyl (C=O) groups excluding carboxylic acids is 1. The Morgan fingerprint density at radius 2 is 2.27 bits per heavy atom. The van der Waals surface area contributed by atoms with E-state index in [-0.39, 0.29) is 24.9 Å². The summed E-state index contributed by atoms with van der Waals surface area (Å²) < 4.78 is 5.18. The van der Waals surface area contributed by atoms with Crippen LogP contribution in [-0.4, -0.2) is 32.8 Å². The van der Waals surface area contributed by atoms with Crippen molar-refractivity contribution in [2.45, 2.75) is 19.5 Å². The highest BCUT2D eigenvalue weighted by atomic mass is 35.5. The van der Waals surface area contributed by atoms with E-state index in [1.165, 1.54) is 0 Å². The zero-order chi connectivity index (χ0) is 17.2. The summed E-state index contributed by atoms with van der Waals surface area (Å²) in [6, 6.07) is 7.16. The zero-order valence-corrected chi connectivity index (χ0v) is 15.2. The lowest BCUT2D eigenvalue weighted by Crippen LogP contribution is -2.28. The van der Waals surface area contributed by atoms with Gasteiger partial charge in [0.25, 0.3) is 5.91 Å². The summed E-state index contributed by atoms with van der Waals surface area (Å²) in [6.07, 6.45) is 0.836. The van der Waals surface area contributed by atoms with Crippen LogP contribution < -0.4 is 10.6 Å². The average molecular weight is 395 g/mol. The molecule has 0 radical (unpaired) electrons. The van der Waals surface area contributed by atoms with E-state index in [0.29, 0.717) is 29.0 Å². The van der Waals surface area contributed by atoms with Gasteiger partial charge in [-0.2, -0.15) is 10.1 Å². The van der Waals surface area contributed by atoms with Gasteiger partial charge in [0.15, 0.2) is 5.69 Å². The number of benzene rings is 1. The highest BCUT2D eigenvalue weighted by Crippen LogP contribution is 2.20. The van der Waals surface area contributed by atoms with Gasteiger partial charge in [-0.3, -0.25) is 9.89 Å². The lowest BCUT2D eigenvalue weighted by Gasteiger charge is -2.12. The molecule has 3 aromatic rings. The van der Waals surface area contributed by atoms with Crippen molar-refractivity contribution in [2.75, 3.05) is 6.54 Å². The van der Waals surface area contributed by atoms with E-state index in [1.54, 1.807) is 12.1 Å². The van der Waals surface area contributed by atoms with Gasteiger partial charge in [0.2, 0.25) is 11.7 Å². The number of aromatic amines is 1. The van der Waals surface area contributed by atoms with Gasteiger partial charge in [-0.1, -0.05) is 28.9 Å². The molecule has 26 heavy (non-hydrogen) atoms. The standard InChI is InChI=1S/C16H15ClN6O2.ClH/c17-10-3-1-2-9(6-10)15-20-13(25-23-15)8-19-16(24)14-11-7-18-5-4-12(11)21-22-14;/h1-3,6,18H,4-5,7-8H2,(H,19,24)(H,21,22);1H. The second kappa shape index (κ2) is 7.86. The van der Waals surface area contributed by atoms with Crippen molar-refractivity contribution in [3.63, 3.8) is 0 Å². The second-order valence-corrected chi connectivity index (χ2v) is 6.10. The van der Waals surface area contributed by atoms with Crippen molar-refractivity contribution in [3.05, 3.63) is 52.1 Å². The molecule has 10 heteroatoms. The molecule has 0 atom stereocenters. The number of H-pyrrole nitrogens is 1. The SMILES string of the molecule is Cl.O=C(NCc1nc(-c2cccc(Cl)c2)no1)c1n[nH]c2c1CNCC2. The Balaban J connectivity index is 0.00000196. The third-order valence-electron chi connectivity index (χ3n) is 3.97. The van der Waals surface area contributed by atoms with E-state index >= 15 is 0 Å². The summed E-state index contributed by atoms with van der Waals surface area (Å²) in [6.45, 7) is 1.64. The number of fused-ring (bicyclic) bond motifs is 1. The summed E-state index contributed by atoms with van der Waals surface area (Å²) in [4.78, 5) is 16.6. The third-order valence-corrected chi connectivity index (χ3v) is 4.21. The van der Waals surface area contributed by atoms with Crippen molar-refractivity contribution < 1.29 is 9.32 Å². The van der Waals surface area contributed by atoms with Crippen LogP contribution in [0.25, 0.3) is 11.4 Å². The fourth-order valence-corrected chi connectivity index (χ4v) is 2.91. The largest absolute Gasteiger partial charge is 0.342 e. The molecule has 0 saturated heterocycles. The Hall–Kier alpha value is -2.42. The van der Waals surface area contributed by atoms with Gasteiger partial charge in [-0.25, -0.2) is 0 Å². The summed E-state index contributed by atoms with van der Waals surface area (Å²) >= 11 is 5.96. The molecular weight excluding hydrogens is 379 g/mol. The lowest BCUT2D eigenvalue weighted by molar-refractivity contribution is 0.0940. The summed E-state index contributed by atoms with van der Waals surface area (Å²) in [5.74, 6) is 0.461. The number of carbonyl (C=O) groups is 1. The maximum absolute atomic E-state index is 12.3. The van der Waals surface area contributed by atoms with Crippen molar-refractivity contribution in [1.29, 1.82) is 0 Å². The molecule has 136 valence electrons. The fraction of sp³-hybridized carbons (Fsp3) is 0.250. The molecule has 1 amide bonds. The second-order valence-electron chi connectivity index (χ2n) is 5.66. The minimum Gasteiger partial charge on any atom is -0.342 e. The Kier molecular flexibility index (Phi) is 5.55. The first kappa shape index (κ1) is 18.4. The fourth-order valence-electron chi connectivity index (χ4n) is 2.72. The summed E-state index contributed by atoms with van der Waals surface area (Å²) in [7, 11) is 0. The predicted molar refractivity (Wildman–Crippen MR) is 97.2 cm³/mol. The average Bonchev–Trinajstić information content (AvgIpc) is 3.27. The number of hydrogen-bond donors (Lipinski definition) is 3. The quantitative estimate of drug-likeness (QED) is 0.625. The van der Waals surface area contributed by atoms with Crippen LogP contribution in [-0.2, 0) is 19.5 Å². The van der Waals surface area contributed by atoms with Crippen LogP contribution in [0, 0.1) is 0 Å². The van der Waals surface area contributed by atoms with E-state index in [2.05, 4.69) is 31.0 Å². The number of nitrogens with one attached hydrogen (secondary N) is 3. The monoisotopic (exact) mass is 394 g/mol. The normalized spacial score (nSPS) is 13.0. The van der Waals surface area contributed by atoms with Crippen molar-refractivity contribution in [2.24, 2.45) is 0 Å². The van der Waals surface area contributed by atoms with E-state index < -0.39 is 0 Å². The van der Waals surface area contributed by atoms with E-state index in [0.717, 1.165) is 29.8 Å². The van der Waals surface area contributed by atoms with Gasteiger partial charge < -0.3 is 15.2 Å². The van der Waals surface area contributed by atoms with Gasteiger partial charge in [0.1, 0.15) is 0 Å². The smallest absolute Gasteiger partial charge is 0.272 e. The van der Waals surface area contributed by atoms with Crippen molar-refractivity contribution in [1.82, 2.24) is 31.0 Å². The van der Waals surface area contributed by atoms with Crippen LogP contribution in [0.2, 0.25) is 5.02 Å². The highest BCUT2D eigenvalue weighted by molar-refractivity contribution is 6.30. The molecule has 1 aliphatic rings. The number of aromatic nitrogens is 4.